The van der Waals surface area contributed by atoms with Gasteiger partial charge in [-0.15, -0.1) is 0 Å². The first-order valence-corrected chi connectivity index (χ1v) is 13.9. The van der Waals surface area contributed by atoms with Crippen LogP contribution in [-0.4, -0.2) is 58.8 Å². The molecule has 0 unspecified atom stereocenters. The molecule has 1 aliphatic rings. The maximum Gasteiger partial charge on any atom is 0.231 e. The molecule has 0 atom stereocenters. The fourth-order valence-corrected chi connectivity index (χ4v) is 4.83. The molecule has 2 aromatic carbocycles. The summed E-state index contributed by atoms with van der Waals surface area (Å²) in [6.45, 7) is 2.86. The summed E-state index contributed by atoms with van der Waals surface area (Å²) in [5.41, 5.74) is 2.11. The van der Waals surface area contributed by atoms with Crippen LogP contribution in [0.2, 0.25) is 0 Å². The number of sulfone groups is 1. The van der Waals surface area contributed by atoms with Crippen LogP contribution in [0.15, 0.2) is 64.3 Å². The molecule has 1 amide bonds. The summed E-state index contributed by atoms with van der Waals surface area (Å²) in [5.74, 6) is 1.91. The van der Waals surface area contributed by atoms with Gasteiger partial charge >= 0.3 is 0 Å². The first-order chi connectivity index (χ1) is 18.2. The highest BCUT2D eigenvalue weighted by atomic mass is 32.2. The Bertz CT molecular complexity index is 1550. The standard InChI is InChI=1S/C25H26N8O4S/c1-16(34)28-19-4-3-5-20(14-19)29-24-26-15-27-25(31-24)33-12-10-18(11-13-33)23-30-22(32-37-23)17-6-8-21(9-7-17)38(2,35)36/h3-9,14-15,18H,10-13H2,1-2H3,(H,28,34)(H,26,27,29,31). The molecule has 0 spiro atoms. The number of rotatable bonds is 7. The maximum atomic E-state index is 11.7. The van der Waals surface area contributed by atoms with E-state index in [1.807, 2.05) is 12.1 Å². The van der Waals surface area contributed by atoms with Gasteiger partial charge in [-0.05, 0) is 55.3 Å². The minimum Gasteiger partial charge on any atom is -0.341 e. The summed E-state index contributed by atoms with van der Waals surface area (Å²) in [7, 11) is -3.27. The smallest absolute Gasteiger partial charge is 0.231 e. The summed E-state index contributed by atoms with van der Waals surface area (Å²) >= 11 is 0. The zero-order valence-corrected chi connectivity index (χ0v) is 21.6. The van der Waals surface area contributed by atoms with Gasteiger partial charge in [0.25, 0.3) is 0 Å². The molecule has 1 fully saturated rings. The third kappa shape index (κ3) is 5.94. The van der Waals surface area contributed by atoms with Crippen molar-refractivity contribution >= 4 is 39.0 Å². The summed E-state index contributed by atoms with van der Waals surface area (Å²) in [6, 6.07) is 13.7. The zero-order chi connectivity index (χ0) is 26.7. The van der Waals surface area contributed by atoms with Crippen LogP contribution in [0.5, 0.6) is 0 Å². The van der Waals surface area contributed by atoms with Gasteiger partial charge in [0.15, 0.2) is 9.84 Å². The fourth-order valence-electron chi connectivity index (χ4n) is 4.20. The van der Waals surface area contributed by atoms with Crippen LogP contribution in [0, 0.1) is 0 Å². The van der Waals surface area contributed by atoms with Crippen molar-refractivity contribution < 1.29 is 17.7 Å². The van der Waals surface area contributed by atoms with Crippen LogP contribution >= 0.6 is 0 Å². The number of nitrogens with one attached hydrogen (secondary N) is 2. The highest BCUT2D eigenvalue weighted by Crippen LogP contribution is 2.30. The quantitative estimate of drug-likeness (QED) is 0.358. The Morgan fingerprint density at radius 1 is 1.03 bits per heavy atom. The number of carbonyl (C=O) groups excluding carboxylic acids is 1. The van der Waals surface area contributed by atoms with Crippen LogP contribution in [-0.2, 0) is 14.6 Å². The van der Waals surface area contributed by atoms with Crippen LogP contribution in [0.4, 0.5) is 23.3 Å². The van der Waals surface area contributed by atoms with Gasteiger partial charge < -0.3 is 20.1 Å². The molecule has 3 heterocycles. The zero-order valence-electron chi connectivity index (χ0n) is 20.8. The van der Waals surface area contributed by atoms with E-state index in [4.69, 9.17) is 4.52 Å². The Hall–Kier alpha value is -4.39. The molecule has 1 saturated heterocycles. The molecule has 196 valence electrons. The Morgan fingerprint density at radius 2 is 1.76 bits per heavy atom. The molecule has 12 nitrogen and oxygen atoms in total. The Labute approximate surface area is 219 Å². The minimum absolute atomic E-state index is 0.0961. The number of aromatic nitrogens is 5. The summed E-state index contributed by atoms with van der Waals surface area (Å²) in [4.78, 5) is 31.3. The largest absolute Gasteiger partial charge is 0.341 e. The normalized spacial score (nSPS) is 14.3. The SMILES string of the molecule is CC(=O)Nc1cccc(Nc2ncnc(N3CCC(c4nc(-c5ccc(S(C)(=O)=O)cc5)no4)CC3)n2)c1. The lowest BCUT2D eigenvalue weighted by Gasteiger charge is -2.30. The van der Waals surface area contributed by atoms with E-state index in [1.54, 1.807) is 24.3 Å². The second-order valence-electron chi connectivity index (χ2n) is 9.01. The lowest BCUT2D eigenvalue weighted by Crippen LogP contribution is -2.34. The van der Waals surface area contributed by atoms with Crippen LogP contribution in [0.3, 0.4) is 0 Å². The second kappa shape index (κ2) is 10.5. The highest BCUT2D eigenvalue weighted by molar-refractivity contribution is 7.90. The number of carbonyl (C=O) groups is 1. The van der Waals surface area contributed by atoms with Crippen molar-refractivity contribution in [2.45, 2.75) is 30.6 Å². The summed E-state index contributed by atoms with van der Waals surface area (Å²) in [5, 5.41) is 10.00. The number of amides is 1. The van der Waals surface area contributed by atoms with Gasteiger partial charge in [0.05, 0.1) is 4.90 Å². The minimum atomic E-state index is -3.27. The average molecular weight is 535 g/mol. The topological polar surface area (TPSA) is 156 Å². The van der Waals surface area contributed by atoms with E-state index in [1.165, 1.54) is 31.6 Å². The van der Waals surface area contributed by atoms with Crippen molar-refractivity contribution in [3.05, 3.63) is 60.7 Å². The number of hydrogen-bond acceptors (Lipinski definition) is 11. The Balaban J connectivity index is 1.21. The molecule has 5 rings (SSSR count). The molecule has 13 heteroatoms. The molecule has 1 aliphatic heterocycles. The Morgan fingerprint density at radius 3 is 2.47 bits per heavy atom. The average Bonchev–Trinajstić information content (AvgIpc) is 3.39. The first-order valence-electron chi connectivity index (χ1n) is 12.0. The number of anilines is 4. The summed E-state index contributed by atoms with van der Waals surface area (Å²) < 4.78 is 28.9. The molecule has 2 aromatic heterocycles. The molecular weight excluding hydrogens is 508 g/mol. The monoisotopic (exact) mass is 534 g/mol. The summed E-state index contributed by atoms with van der Waals surface area (Å²) in [6.07, 6.45) is 4.20. The molecular formula is C25H26N8O4S. The van der Waals surface area contributed by atoms with Gasteiger partial charge in [-0.25, -0.2) is 18.4 Å². The molecule has 38 heavy (non-hydrogen) atoms. The van der Waals surface area contributed by atoms with Crippen LogP contribution in [0.25, 0.3) is 11.4 Å². The predicted molar refractivity (Wildman–Crippen MR) is 141 cm³/mol. The van der Waals surface area contributed by atoms with Crippen molar-refractivity contribution in [2.24, 2.45) is 0 Å². The number of nitrogens with zero attached hydrogens (tertiary/aromatic N) is 6. The van der Waals surface area contributed by atoms with E-state index in [9.17, 15) is 13.2 Å². The van der Waals surface area contributed by atoms with Gasteiger partial charge in [-0.2, -0.15) is 9.97 Å². The molecule has 0 bridgehead atoms. The first kappa shape index (κ1) is 25.3. The van der Waals surface area contributed by atoms with Gasteiger partial charge in [0.2, 0.25) is 29.5 Å². The highest BCUT2D eigenvalue weighted by Gasteiger charge is 2.27. The molecule has 0 saturated carbocycles. The molecule has 0 radical (unpaired) electrons. The van der Waals surface area contributed by atoms with Gasteiger partial charge in [0, 0.05) is 49.1 Å². The third-order valence-corrected chi connectivity index (χ3v) is 7.24. The van der Waals surface area contributed by atoms with Crippen LogP contribution < -0.4 is 15.5 Å². The number of benzene rings is 2. The lowest BCUT2D eigenvalue weighted by atomic mass is 9.97. The van der Waals surface area contributed by atoms with E-state index in [2.05, 4.69) is 40.6 Å². The van der Waals surface area contributed by atoms with E-state index in [0.29, 0.717) is 48.0 Å². The van der Waals surface area contributed by atoms with E-state index in [0.717, 1.165) is 18.5 Å². The van der Waals surface area contributed by atoms with E-state index < -0.39 is 9.84 Å². The second-order valence-corrected chi connectivity index (χ2v) is 11.0. The van der Waals surface area contributed by atoms with Gasteiger partial charge in [-0.3, -0.25) is 4.79 Å². The predicted octanol–water partition coefficient (Wildman–Crippen LogP) is 3.41. The van der Waals surface area contributed by atoms with Crippen molar-refractivity contribution in [2.75, 3.05) is 34.9 Å². The molecule has 0 aliphatic carbocycles. The lowest BCUT2D eigenvalue weighted by molar-refractivity contribution is -0.114. The molecule has 4 aromatic rings. The van der Waals surface area contributed by atoms with Crippen molar-refractivity contribution in [3.63, 3.8) is 0 Å². The molecule has 2 N–H and O–H groups in total. The van der Waals surface area contributed by atoms with Gasteiger partial charge in [0.1, 0.15) is 6.33 Å². The van der Waals surface area contributed by atoms with E-state index in [-0.39, 0.29) is 16.7 Å². The van der Waals surface area contributed by atoms with Crippen molar-refractivity contribution in [1.29, 1.82) is 0 Å². The maximum absolute atomic E-state index is 11.7. The Kier molecular flexibility index (Phi) is 7.01. The van der Waals surface area contributed by atoms with Crippen LogP contribution in [0.1, 0.15) is 31.6 Å². The third-order valence-electron chi connectivity index (χ3n) is 6.11. The van der Waals surface area contributed by atoms with Crippen molar-refractivity contribution in [1.82, 2.24) is 25.1 Å². The fraction of sp³-hybridized carbons (Fsp3) is 0.280. The van der Waals surface area contributed by atoms with Crippen molar-refractivity contribution in [3.8, 4) is 11.4 Å². The number of hydrogen-bond donors (Lipinski definition) is 2. The number of piperidine rings is 1. The van der Waals surface area contributed by atoms with E-state index >= 15 is 0 Å². The van der Waals surface area contributed by atoms with Gasteiger partial charge in [-0.1, -0.05) is 11.2 Å².